The molecule has 2 aromatic rings. The number of nitrogens with zero attached hydrogens (tertiary/aromatic N) is 3. The van der Waals surface area contributed by atoms with Gasteiger partial charge in [0.25, 0.3) is 0 Å². The molecule has 2 fully saturated rings. The van der Waals surface area contributed by atoms with Crippen molar-refractivity contribution in [3.05, 3.63) is 36.3 Å². The van der Waals surface area contributed by atoms with E-state index < -0.39 is 5.82 Å². The Balaban J connectivity index is 1.56. The van der Waals surface area contributed by atoms with Crippen LogP contribution in [0.5, 0.6) is 0 Å². The first-order valence-electron chi connectivity index (χ1n) is 8.77. The summed E-state index contributed by atoms with van der Waals surface area (Å²) in [6, 6.07) is 8.28. The third-order valence-corrected chi connectivity index (χ3v) is 4.69. The summed E-state index contributed by atoms with van der Waals surface area (Å²) in [4.78, 5) is 10.6. The first-order chi connectivity index (χ1) is 12.3. The van der Waals surface area contributed by atoms with Gasteiger partial charge in [-0.2, -0.15) is 4.98 Å². The minimum absolute atomic E-state index is 0.192. The van der Waals surface area contributed by atoms with Gasteiger partial charge in [0.2, 0.25) is 5.95 Å². The number of rotatable bonds is 5. The highest BCUT2D eigenvalue weighted by molar-refractivity contribution is 5.74. The molecule has 2 aliphatic rings. The number of ether oxygens (including phenoxy) is 1. The summed E-state index contributed by atoms with van der Waals surface area (Å²) in [5.74, 6) is 0.200. The Morgan fingerprint density at radius 3 is 2.72 bits per heavy atom. The van der Waals surface area contributed by atoms with Crippen molar-refractivity contribution < 1.29 is 9.13 Å². The largest absolute Gasteiger partial charge is 0.378 e. The van der Waals surface area contributed by atoms with E-state index in [2.05, 4.69) is 25.5 Å². The molecule has 0 amide bonds. The predicted octanol–water partition coefficient (Wildman–Crippen LogP) is 3.16. The van der Waals surface area contributed by atoms with E-state index in [9.17, 15) is 4.39 Å². The summed E-state index contributed by atoms with van der Waals surface area (Å²) >= 11 is 0. The number of aromatic nitrogens is 2. The average molecular weight is 343 g/mol. The maximum Gasteiger partial charge on any atom is 0.225 e. The van der Waals surface area contributed by atoms with Crippen molar-refractivity contribution in [1.29, 1.82) is 0 Å². The van der Waals surface area contributed by atoms with Gasteiger partial charge < -0.3 is 20.3 Å². The Hall–Kier alpha value is -2.41. The standard InChI is InChI=1S/C18H22FN5O/c19-14-12-20-18(21-13-4-3-5-13)23-17(14)22-15-6-1-2-7-16(15)24-8-10-25-11-9-24/h1-2,6-7,12-13H,3-5,8-11H2,(H2,20,21,22,23). The van der Waals surface area contributed by atoms with Gasteiger partial charge in [0.05, 0.1) is 30.8 Å². The Morgan fingerprint density at radius 1 is 1.16 bits per heavy atom. The molecule has 1 aliphatic carbocycles. The van der Waals surface area contributed by atoms with Crippen LogP contribution in [0, 0.1) is 5.82 Å². The SMILES string of the molecule is Fc1cnc(NC2CCC2)nc1Nc1ccccc1N1CCOCC1. The Morgan fingerprint density at radius 2 is 1.96 bits per heavy atom. The fourth-order valence-corrected chi connectivity index (χ4v) is 3.05. The van der Waals surface area contributed by atoms with Crippen LogP contribution in [-0.4, -0.2) is 42.3 Å². The molecule has 0 radical (unpaired) electrons. The van der Waals surface area contributed by atoms with Gasteiger partial charge in [0, 0.05) is 19.1 Å². The summed E-state index contributed by atoms with van der Waals surface area (Å²) in [6.45, 7) is 3.04. The van der Waals surface area contributed by atoms with Crippen LogP contribution >= 0.6 is 0 Å². The third kappa shape index (κ3) is 3.66. The summed E-state index contributed by atoms with van der Waals surface area (Å²) in [7, 11) is 0. The van der Waals surface area contributed by atoms with Gasteiger partial charge in [-0.3, -0.25) is 0 Å². The van der Waals surface area contributed by atoms with E-state index in [1.807, 2.05) is 24.3 Å². The van der Waals surface area contributed by atoms with Crippen molar-refractivity contribution in [1.82, 2.24) is 9.97 Å². The molecular formula is C18H22FN5O. The molecular weight excluding hydrogens is 321 g/mol. The monoisotopic (exact) mass is 343 g/mol. The van der Waals surface area contributed by atoms with E-state index in [4.69, 9.17) is 4.74 Å². The number of para-hydroxylation sites is 2. The van der Waals surface area contributed by atoms with Gasteiger partial charge in [-0.25, -0.2) is 9.37 Å². The number of morpholine rings is 1. The van der Waals surface area contributed by atoms with Crippen molar-refractivity contribution in [2.75, 3.05) is 41.8 Å². The van der Waals surface area contributed by atoms with Crippen LogP contribution < -0.4 is 15.5 Å². The van der Waals surface area contributed by atoms with E-state index in [1.54, 1.807) is 0 Å². The molecule has 0 unspecified atom stereocenters. The smallest absolute Gasteiger partial charge is 0.225 e. The molecule has 1 aromatic carbocycles. The van der Waals surface area contributed by atoms with Crippen LogP contribution in [0.3, 0.4) is 0 Å². The highest BCUT2D eigenvalue weighted by Gasteiger charge is 2.19. The zero-order valence-electron chi connectivity index (χ0n) is 14.0. The third-order valence-electron chi connectivity index (χ3n) is 4.69. The normalized spacial score (nSPS) is 17.9. The quantitative estimate of drug-likeness (QED) is 0.870. The highest BCUT2D eigenvalue weighted by atomic mass is 19.1. The maximum atomic E-state index is 14.2. The van der Waals surface area contributed by atoms with Crippen LogP contribution in [0.2, 0.25) is 0 Å². The lowest BCUT2D eigenvalue weighted by Crippen LogP contribution is -2.36. The summed E-state index contributed by atoms with van der Waals surface area (Å²) in [5.41, 5.74) is 1.86. The minimum Gasteiger partial charge on any atom is -0.378 e. The first kappa shape index (κ1) is 16.1. The molecule has 2 N–H and O–H groups in total. The van der Waals surface area contributed by atoms with Crippen molar-refractivity contribution in [2.45, 2.75) is 25.3 Å². The van der Waals surface area contributed by atoms with Crippen molar-refractivity contribution >= 4 is 23.1 Å². The molecule has 1 aromatic heterocycles. The van der Waals surface area contributed by atoms with Gasteiger partial charge >= 0.3 is 0 Å². The maximum absolute atomic E-state index is 14.2. The highest BCUT2D eigenvalue weighted by Crippen LogP contribution is 2.30. The van der Waals surface area contributed by atoms with Crippen LogP contribution in [0.4, 0.5) is 27.5 Å². The van der Waals surface area contributed by atoms with Gasteiger partial charge in [0.15, 0.2) is 11.6 Å². The molecule has 132 valence electrons. The average Bonchev–Trinajstić information content (AvgIpc) is 2.62. The number of benzene rings is 1. The first-order valence-corrected chi connectivity index (χ1v) is 8.77. The zero-order valence-corrected chi connectivity index (χ0v) is 14.0. The number of halogens is 1. The zero-order chi connectivity index (χ0) is 17.1. The lowest BCUT2D eigenvalue weighted by atomic mass is 9.93. The topological polar surface area (TPSA) is 62.3 Å². The lowest BCUT2D eigenvalue weighted by molar-refractivity contribution is 0.123. The van der Waals surface area contributed by atoms with Crippen LogP contribution in [0.15, 0.2) is 30.5 Å². The second kappa shape index (κ2) is 7.23. The van der Waals surface area contributed by atoms with Crippen molar-refractivity contribution in [2.24, 2.45) is 0 Å². The van der Waals surface area contributed by atoms with Gasteiger partial charge in [-0.15, -0.1) is 0 Å². The molecule has 0 bridgehead atoms. The molecule has 6 nitrogen and oxygen atoms in total. The lowest BCUT2D eigenvalue weighted by Gasteiger charge is -2.30. The molecule has 1 aliphatic heterocycles. The molecule has 2 heterocycles. The number of anilines is 4. The molecule has 4 rings (SSSR count). The van der Waals surface area contributed by atoms with E-state index in [0.29, 0.717) is 25.2 Å². The molecule has 0 atom stereocenters. The molecule has 25 heavy (non-hydrogen) atoms. The molecule has 0 spiro atoms. The van der Waals surface area contributed by atoms with Crippen LogP contribution in [0.25, 0.3) is 0 Å². The Bertz CT molecular complexity index is 731. The minimum atomic E-state index is -0.462. The predicted molar refractivity (Wildman–Crippen MR) is 96.0 cm³/mol. The van der Waals surface area contributed by atoms with E-state index >= 15 is 0 Å². The summed E-state index contributed by atoms with van der Waals surface area (Å²) in [5, 5.41) is 6.39. The van der Waals surface area contributed by atoms with Crippen LogP contribution in [-0.2, 0) is 4.74 Å². The second-order valence-corrected chi connectivity index (χ2v) is 6.40. The summed E-state index contributed by atoms with van der Waals surface area (Å²) in [6.07, 6.45) is 4.66. The molecule has 1 saturated heterocycles. The Labute approximate surface area is 146 Å². The van der Waals surface area contributed by atoms with Crippen molar-refractivity contribution in [3.8, 4) is 0 Å². The second-order valence-electron chi connectivity index (χ2n) is 6.40. The van der Waals surface area contributed by atoms with E-state index in [1.165, 1.54) is 12.6 Å². The summed E-state index contributed by atoms with van der Waals surface area (Å²) < 4.78 is 19.6. The Kier molecular flexibility index (Phi) is 4.65. The van der Waals surface area contributed by atoms with E-state index in [0.717, 1.165) is 37.3 Å². The fraction of sp³-hybridized carbons (Fsp3) is 0.444. The van der Waals surface area contributed by atoms with Gasteiger partial charge in [-0.1, -0.05) is 12.1 Å². The number of hydrogen-bond donors (Lipinski definition) is 2. The molecule has 7 heteroatoms. The number of nitrogens with one attached hydrogen (secondary N) is 2. The fourth-order valence-electron chi connectivity index (χ4n) is 3.05. The van der Waals surface area contributed by atoms with Gasteiger partial charge in [-0.05, 0) is 31.4 Å². The van der Waals surface area contributed by atoms with Crippen molar-refractivity contribution in [3.63, 3.8) is 0 Å². The van der Waals surface area contributed by atoms with E-state index in [-0.39, 0.29) is 5.82 Å². The van der Waals surface area contributed by atoms with Crippen LogP contribution in [0.1, 0.15) is 19.3 Å². The van der Waals surface area contributed by atoms with Gasteiger partial charge in [0.1, 0.15) is 0 Å². The molecule has 1 saturated carbocycles. The number of hydrogen-bond acceptors (Lipinski definition) is 6.